The van der Waals surface area contributed by atoms with Crippen LogP contribution in [-0.4, -0.2) is 82.8 Å². The molecule has 2 saturated heterocycles. The van der Waals surface area contributed by atoms with Crippen molar-refractivity contribution in [2.24, 2.45) is 0 Å². The van der Waals surface area contributed by atoms with Gasteiger partial charge in [-0.3, -0.25) is 9.80 Å². The summed E-state index contributed by atoms with van der Waals surface area (Å²) in [6.45, 7) is 5.92. The zero-order valence-electron chi connectivity index (χ0n) is 19.6. The van der Waals surface area contributed by atoms with Crippen molar-refractivity contribution in [1.29, 1.82) is 5.26 Å². The van der Waals surface area contributed by atoms with Crippen molar-refractivity contribution in [3.05, 3.63) is 64.7 Å². The zero-order chi connectivity index (χ0) is 24.7. The van der Waals surface area contributed by atoms with Gasteiger partial charge in [0.2, 0.25) is 10.0 Å². The van der Waals surface area contributed by atoms with E-state index in [4.69, 9.17) is 26.3 Å². The molecule has 0 saturated carbocycles. The SMILES string of the molecule is N#Cc1ccc(OCCCN2CC3CN(CCNS(=O)(=O)Cc4cccc(Cl)c4)CC(C2)O3)cc1. The Hall–Kier alpha value is -2.19. The van der Waals surface area contributed by atoms with E-state index in [0.29, 0.717) is 35.8 Å². The average Bonchev–Trinajstić information content (AvgIpc) is 2.81. The molecule has 0 aromatic heterocycles. The van der Waals surface area contributed by atoms with Crippen molar-refractivity contribution in [3.8, 4) is 11.8 Å². The van der Waals surface area contributed by atoms with Crippen molar-refractivity contribution < 1.29 is 17.9 Å². The van der Waals surface area contributed by atoms with Gasteiger partial charge in [0.1, 0.15) is 5.75 Å². The fourth-order valence-electron chi connectivity index (χ4n) is 4.59. The summed E-state index contributed by atoms with van der Waals surface area (Å²) < 4.78 is 39.4. The molecule has 8 nitrogen and oxygen atoms in total. The molecular weight excluding hydrogens is 488 g/mol. The maximum Gasteiger partial charge on any atom is 0.215 e. The third-order valence-corrected chi connectivity index (χ3v) is 7.69. The van der Waals surface area contributed by atoms with E-state index in [0.717, 1.165) is 44.9 Å². The van der Waals surface area contributed by atoms with E-state index >= 15 is 0 Å². The van der Waals surface area contributed by atoms with Gasteiger partial charge in [0.15, 0.2) is 0 Å². The molecule has 2 aromatic carbocycles. The number of hydrogen-bond acceptors (Lipinski definition) is 7. The van der Waals surface area contributed by atoms with Crippen LogP contribution in [0.25, 0.3) is 0 Å². The third-order valence-electron chi connectivity index (χ3n) is 6.10. The van der Waals surface area contributed by atoms with Crippen LogP contribution in [0, 0.1) is 11.3 Å². The Morgan fingerprint density at radius 1 is 1.06 bits per heavy atom. The maximum atomic E-state index is 12.4. The Kier molecular flexibility index (Phi) is 9.00. The number of fused-ring (bicyclic) bond motifs is 2. The lowest BCUT2D eigenvalue weighted by Gasteiger charge is -2.45. The lowest BCUT2D eigenvalue weighted by atomic mass is 10.1. The maximum absolute atomic E-state index is 12.4. The van der Waals surface area contributed by atoms with Gasteiger partial charge in [-0.05, 0) is 48.4 Å². The van der Waals surface area contributed by atoms with Gasteiger partial charge in [0.05, 0.1) is 36.2 Å². The molecule has 2 bridgehead atoms. The van der Waals surface area contributed by atoms with Crippen LogP contribution in [0.2, 0.25) is 5.02 Å². The average molecular weight is 519 g/mol. The number of morpholine rings is 2. The van der Waals surface area contributed by atoms with Crippen LogP contribution in [0.1, 0.15) is 17.5 Å². The standard InChI is InChI=1S/C25H31ClN4O4S/c26-22-4-1-3-21(13-22)19-35(31,32)28-9-11-30-17-24-15-29(16-25(18-30)34-24)10-2-12-33-23-7-5-20(14-27)6-8-23/h1,3-8,13,24-25,28H,2,9-12,15-19H2. The highest BCUT2D eigenvalue weighted by Crippen LogP contribution is 2.19. The van der Waals surface area contributed by atoms with Crippen LogP contribution in [0.15, 0.2) is 48.5 Å². The summed E-state index contributed by atoms with van der Waals surface area (Å²) in [6, 6.07) is 16.2. The molecule has 2 aliphatic rings. The summed E-state index contributed by atoms with van der Waals surface area (Å²) in [6.07, 6.45) is 1.17. The van der Waals surface area contributed by atoms with Gasteiger partial charge in [0.25, 0.3) is 0 Å². The predicted octanol–water partition coefficient (Wildman–Crippen LogP) is 2.49. The highest BCUT2D eigenvalue weighted by molar-refractivity contribution is 7.88. The molecule has 2 aromatic rings. The first-order valence-corrected chi connectivity index (χ1v) is 13.9. The van der Waals surface area contributed by atoms with Crippen molar-refractivity contribution in [2.45, 2.75) is 24.4 Å². The molecule has 10 heteroatoms. The second-order valence-electron chi connectivity index (χ2n) is 9.02. The van der Waals surface area contributed by atoms with E-state index < -0.39 is 10.0 Å². The van der Waals surface area contributed by atoms with Gasteiger partial charge >= 0.3 is 0 Å². The first-order valence-electron chi connectivity index (χ1n) is 11.8. The van der Waals surface area contributed by atoms with E-state index in [2.05, 4.69) is 20.6 Å². The Bertz CT molecular complexity index is 1110. The molecule has 2 fully saturated rings. The second kappa shape index (κ2) is 12.2. The third kappa shape index (κ3) is 8.17. The normalized spacial score (nSPS) is 20.9. The van der Waals surface area contributed by atoms with E-state index in [9.17, 15) is 8.42 Å². The Morgan fingerprint density at radius 2 is 1.74 bits per heavy atom. The summed E-state index contributed by atoms with van der Waals surface area (Å²) in [4.78, 5) is 4.71. The zero-order valence-corrected chi connectivity index (χ0v) is 21.2. The molecule has 0 spiro atoms. The number of benzene rings is 2. The number of halogens is 1. The Balaban J connectivity index is 1.14. The van der Waals surface area contributed by atoms with E-state index in [-0.39, 0.29) is 18.0 Å². The van der Waals surface area contributed by atoms with Crippen molar-refractivity contribution in [3.63, 3.8) is 0 Å². The molecule has 1 N–H and O–H groups in total. The van der Waals surface area contributed by atoms with Gasteiger partial charge in [-0.25, -0.2) is 13.1 Å². The molecule has 0 amide bonds. The Labute approximate surface area is 212 Å². The van der Waals surface area contributed by atoms with Gasteiger partial charge < -0.3 is 9.47 Å². The van der Waals surface area contributed by atoms with Crippen molar-refractivity contribution in [2.75, 3.05) is 52.4 Å². The van der Waals surface area contributed by atoms with Crippen molar-refractivity contribution in [1.82, 2.24) is 14.5 Å². The van der Waals surface area contributed by atoms with Crippen LogP contribution in [-0.2, 0) is 20.5 Å². The highest BCUT2D eigenvalue weighted by atomic mass is 35.5. The molecule has 0 radical (unpaired) electrons. The van der Waals surface area contributed by atoms with Crippen LogP contribution >= 0.6 is 11.6 Å². The number of hydrogen-bond donors (Lipinski definition) is 1. The monoisotopic (exact) mass is 518 g/mol. The van der Waals surface area contributed by atoms with Crippen molar-refractivity contribution >= 4 is 21.6 Å². The smallest absolute Gasteiger partial charge is 0.215 e. The summed E-state index contributed by atoms with van der Waals surface area (Å²) >= 11 is 5.95. The van der Waals surface area contributed by atoms with E-state index in [1.165, 1.54) is 0 Å². The molecule has 2 heterocycles. The Morgan fingerprint density at radius 3 is 2.40 bits per heavy atom. The summed E-state index contributed by atoms with van der Waals surface area (Å²) in [5, 5.41) is 9.40. The van der Waals surface area contributed by atoms with Gasteiger partial charge in [0, 0.05) is 50.8 Å². The van der Waals surface area contributed by atoms with Crippen LogP contribution in [0.4, 0.5) is 0 Å². The molecule has 4 rings (SSSR count). The molecule has 2 unspecified atom stereocenters. The molecule has 188 valence electrons. The molecular formula is C25H31ClN4O4S. The fourth-order valence-corrected chi connectivity index (χ4v) is 5.92. The van der Waals surface area contributed by atoms with E-state index in [1.807, 2.05) is 12.1 Å². The van der Waals surface area contributed by atoms with Crippen LogP contribution in [0.5, 0.6) is 5.75 Å². The first kappa shape index (κ1) is 25.9. The number of rotatable bonds is 11. The van der Waals surface area contributed by atoms with Gasteiger partial charge in [-0.15, -0.1) is 0 Å². The quantitative estimate of drug-likeness (QED) is 0.457. The number of nitrogens with one attached hydrogen (secondary N) is 1. The number of sulfonamides is 1. The molecule has 35 heavy (non-hydrogen) atoms. The molecule has 0 aliphatic carbocycles. The summed E-state index contributed by atoms with van der Waals surface area (Å²) in [7, 11) is -3.42. The lowest BCUT2D eigenvalue weighted by molar-refractivity contribution is -0.138. The largest absolute Gasteiger partial charge is 0.494 e. The molecule has 2 atom stereocenters. The van der Waals surface area contributed by atoms with Crippen LogP contribution < -0.4 is 9.46 Å². The minimum Gasteiger partial charge on any atom is -0.494 e. The summed E-state index contributed by atoms with van der Waals surface area (Å²) in [5.41, 5.74) is 1.30. The molecule has 2 aliphatic heterocycles. The first-order chi connectivity index (χ1) is 16.9. The fraction of sp³-hybridized carbons (Fsp3) is 0.480. The lowest BCUT2D eigenvalue weighted by Crippen LogP contribution is -2.60. The van der Waals surface area contributed by atoms with Crippen LogP contribution in [0.3, 0.4) is 0 Å². The van der Waals surface area contributed by atoms with E-state index in [1.54, 1.807) is 36.4 Å². The second-order valence-corrected chi connectivity index (χ2v) is 11.3. The topological polar surface area (TPSA) is 94.9 Å². The number of ether oxygens (including phenoxy) is 2. The van der Waals surface area contributed by atoms with Gasteiger partial charge in [-0.2, -0.15) is 5.26 Å². The minimum absolute atomic E-state index is 0.0776. The number of nitrogens with zero attached hydrogens (tertiary/aromatic N) is 3. The summed E-state index contributed by atoms with van der Waals surface area (Å²) in [5.74, 6) is 0.702. The predicted molar refractivity (Wildman–Crippen MR) is 135 cm³/mol. The number of nitriles is 1. The minimum atomic E-state index is -3.42. The van der Waals surface area contributed by atoms with Gasteiger partial charge in [-0.1, -0.05) is 23.7 Å². The highest BCUT2D eigenvalue weighted by Gasteiger charge is 2.34.